The van der Waals surface area contributed by atoms with Crippen molar-refractivity contribution in [2.45, 2.75) is 39.2 Å². The number of imidazole rings is 1. The van der Waals surface area contributed by atoms with Crippen molar-refractivity contribution in [1.82, 2.24) is 19.2 Å². The lowest BCUT2D eigenvalue weighted by Gasteiger charge is -2.39. The van der Waals surface area contributed by atoms with Crippen molar-refractivity contribution in [2.75, 3.05) is 39.9 Å². The molecule has 2 fully saturated rings. The summed E-state index contributed by atoms with van der Waals surface area (Å²) in [6.07, 6.45) is 6.11. The zero-order chi connectivity index (χ0) is 18.9. The van der Waals surface area contributed by atoms with Gasteiger partial charge >= 0.3 is 0 Å². The molecule has 146 valence electrons. The highest BCUT2D eigenvalue weighted by Gasteiger charge is 2.48. The van der Waals surface area contributed by atoms with E-state index in [2.05, 4.69) is 32.3 Å². The Morgan fingerprint density at radius 1 is 1.26 bits per heavy atom. The van der Waals surface area contributed by atoms with Crippen molar-refractivity contribution in [3.05, 3.63) is 35.8 Å². The highest BCUT2D eigenvalue weighted by atomic mass is 16.5. The number of pyridine rings is 1. The van der Waals surface area contributed by atoms with E-state index in [4.69, 9.17) is 4.74 Å². The average molecular weight is 370 g/mol. The van der Waals surface area contributed by atoms with Gasteiger partial charge in [0.1, 0.15) is 5.65 Å². The van der Waals surface area contributed by atoms with Gasteiger partial charge in [-0.25, -0.2) is 4.98 Å². The summed E-state index contributed by atoms with van der Waals surface area (Å²) < 4.78 is 7.33. The van der Waals surface area contributed by atoms with Crippen molar-refractivity contribution in [3.63, 3.8) is 0 Å². The molecule has 0 N–H and O–H groups in total. The van der Waals surface area contributed by atoms with Crippen molar-refractivity contribution < 1.29 is 9.53 Å². The minimum Gasteiger partial charge on any atom is -0.385 e. The van der Waals surface area contributed by atoms with Crippen molar-refractivity contribution in [1.29, 1.82) is 0 Å². The third kappa shape index (κ3) is 3.48. The summed E-state index contributed by atoms with van der Waals surface area (Å²) in [7, 11) is 1.72. The maximum atomic E-state index is 13.2. The number of ether oxygens (including phenoxy) is 1. The SMILES string of the molecule is COCCCN1CCCC2(CCN(Cc3c(C)nc4ccccn34)C2)C1=O. The molecule has 1 spiro atoms. The fraction of sp³-hybridized carbons (Fsp3) is 0.619. The van der Waals surface area contributed by atoms with Crippen LogP contribution in [0, 0.1) is 12.3 Å². The summed E-state index contributed by atoms with van der Waals surface area (Å²) in [5, 5.41) is 0. The molecule has 6 nitrogen and oxygen atoms in total. The minimum absolute atomic E-state index is 0.181. The quantitative estimate of drug-likeness (QED) is 0.733. The van der Waals surface area contributed by atoms with Gasteiger partial charge in [0.05, 0.1) is 16.8 Å². The molecule has 0 saturated carbocycles. The number of aromatic nitrogens is 2. The summed E-state index contributed by atoms with van der Waals surface area (Å²) in [5.41, 5.74) is 3.14. The lowest BCUT2D eigenvalue weighted by molar-refractivity contribution is -0.145. The zero-order valence-electron chi connectivity index (χ0n) is 16.5. The summed E-state index contributed by atoms with van der Waals surface area (Å²) in [6, 6.07) is 6.12. The molecule has 1 atom stereocenters. The van der Waals surface area contributed by atoms with Crippen LogP contribution in [0.25, 0.3) is 5.65 Å². The number of hydrogen-bond acceptors (Lipinski definition) is 4. The van der Waals surface area contributed by atoms with Crippen LogP contribution >= 0.6 is 0 Å². The molecule has 1 unspecified atom stereocenters. The van der Waals surface area contributed by atoms with Gasteiger partial charge in [-0.05, 0) is 51.3 Å². The largest absolute Gasteiger partial charge is 0.385 e. The normalized spacial score (nSPS) is 23.8. The van der Waals surface area contributed by atoms with Crippen molar-refractivity contribution in [2.24, 2.45) is 5.41 Å². The van der Waals surface area contributed by atoms with Crippen LogP contribution in [-0.2, 0) is 16.1 Å². The lowest BCUT2D eigenvalue weighted by Crippen LogP contribution is -2.50. The Balaban J connectivity index is 1.46. The number of nitrogens with zero attached hydrogens (tertiary/aromatic N) is 4. The molecule has 0 radical (unpaired) electrons. The molecule has 0 aliphatic carbocycles. The Bertz CT molecular complexity index is 818. The van der Waals surface area contributed by atoms with Crippen LogP contribution < -0.4 is 0 Å². The predicted molar refractivity (Wildman–Crippen MR) is 105 cm³/mol. The van der Waals surface area contributed by atoms with Crippen LogP contribution in [0.1, 0.15) is 37.1 Å². The molecule has 2 aliphatic rings. The van der Waals surface area contributed by atoms with Gasteiger partial charge in [-0.3, -0.25) is 9.69 Å². The van der Waals surface area contributed by atoms with Crippen LogP contribution in [-0.4, -0.2) is 65.0 Å². The smallest absolute Gasteiger partial charge is 0.230 e. The zero-order valence-corrected chi connectivity index (χ0v) is 16.5. The van der Waals surface area contributed by atoms with E-state index in [1.165, 1.54) is 5.69 Å². The van der Waals surface area contributed by atoms with E-state index in [1.54, 1.807) is 7.11 Å². The Morgan fingerprint density at radius 2 is 2.15 bits per heavy atom. The van der Waals surface area contributed by atoms with Crippen LogP contribution in [0.3, 0.4) is 0 Å². The van der Waals surface area contributed by atoms with Crippen molar-refractivity contribution >= 4 is 11.6 Å². The fourth-order valence-corrected chi connectivity index (χ4v) is 4.80. The highest BCUT2D eigenvalue weighted by Crippen LogP contribution is 2.40. The van der Waals surface area contributed by atoms with E-state index in [1.807, 2.05) is 18.2 Å². The first-order valence-electron chi connectivity index (χ1n) is 10.1. The Hall–Kier alpha value is -1.92. The van der Waals surface area contributed by atoms with E-state index in [-0.39, 0.29) is 5.41 Å². The molecule has 2 saturated heterocycles. The molecule has 2 aromatic rings. The molecule has 2 aliphatic heterocycles. The third-order valence-corrected chi connectivity index (χ3v) is 6.24. The fourth-order valence-electron chi connectivity index (χ4n) is 4.80. The van der Waals surface area contributed by atoms with Gasteiger partial charge in [-0.1, -0.05) is 6.07 Å². The van der Waals surface area contributed by atoms with E-state index in [0.717, 1.165) is 76.4 Å². The maximum absolute atomic E-state index is 13.2. The topological polar surface area (TPSA) is 50.1 Å². The first kappa shape index (κ1) is 18.4. The molecule has 27 heavy (non-hydrogen) atoms. The second-order valence-electron chi connectivity index (χ2n) is 8.06. The molecule has 4 heterocycles. The van der Waals surface area contributed by atoms with E-state index >= 15 is 0 Å². The number of carbonyl (C=O) groups is 1. The first-order valence-corrected chi connectivity index (χ1v) is 10.1. The summed E-state index contributed by atoms with van der Waals surface area (Å²) in [4.78, 5) is 22.4. The monoisotopic (exact) mass is 370 g/mol. The molecule has 1 amide bonds. The number of aryl methyl sites for hydroxylation is 1. The van der Waals surface area contributed by atoms with Gasteiger partial charge in [0.15, 0.2) is 0 Å². The number of amides is 1. The summed E-state index contributed by atoms with van der Waals surface area (Å²) in [6.45, 7) is 7.23. The maximum Gasteiger partial charge on any atom is 0.230 e. The van der Waals surface area contributed by atoms with Gasteiger partial charge in [0.2, 0.25) is 5.91 Å². The average Bonchev–Trinajstić information content (AvgIpc) is 3.21. The van der Waals surface area contributed by atoms with Gasteiger partial charge in [-0.15, -0.1) is 0 Å². The number of piperidine rings is 1. The van der Waals surface area contributed by atoms with Crippen LogP contribution in [0.2, 0.25) is 0 Å². The number of carbonyl (C=O) groups excluding carboxylic acids is 1. The van der Waals surface area contributed by atoms with Gasteiger partial charge in [-0.2, -0.15) is 0 Å². The van der Waals surface area contributed by atoms with Crippen LogP contribution in [0.15, 0.2) is 24.4 Å². The molecule has 0 bridgehead atoms. The summed E-state index contributed by atoms with van der Waals surface area (Å²) >= 11 is 0. The Kier molecular flexibility index (Phi) is 5.19. The highest BCUT2D eigenvalue weighted by molar-refractivity contribution is 5.84. The first-order chi connectivity index (χ1) is 13.1. The minimum atomic E-state index is -0.181. The third-order valence-electron chi connectivity index (χ3n) is 6.24. The van der Waals surface area contributed by atoms with Gasteiger partial charge in [0.25, 0.3) is 0 Å². The van der Waals surface area contributed by atoms with E-state index in [9.17, 15) is 4.79 Å². The standard InChI is InChI=1S/C21H30N4O2/c1-17-18(25-12-4-3-7-19(25)22-17)15-23-13-9-21(16-23)8-5-10-24(20(21)26)11-6-14-27-2/h3-4,7,12H,5-6,8-11,13-16H2,1-2H3. The Morgan fingerprint density at radius 3 is 3.00 bits per heavy atom. The molecule has 4 rings (SSSR count). The number of hydrogen-bond donors (Lipinski definition) is 0. The number of methoxy groups -OCH3 is 1. The molecular formula is C21H30N4O2. The summed E-state index contributed by atoms with van der Waals surface area (Å²) in [5.74, 6) is 0.363. The number of likely N-dealkylation sites (tertiary alicyclic amines) is 2. The molecule has 2 aromatic heterocycles. The van der Waals surface area contributed by atoms with E-state index in [0.29, 0.717) is 5.91 Å². The number of fused-ring (bicyclic) bond motifs is 1. The van der Waals surface area contributed by atoms with Crippen molar-refractivity contribution in [3.8, 4) is 0 Å². The lowest BCUT2D eigenvalue weighted by atomic mass is 9.78. The molecular weight excluding hydrogens is 340 g/mol. The van der Waals surface area contributed by atoms with E-state index < -0.39 is 0 Å². The van der Waals surface area contributed by atoms with Crippen LogP contribution in [0.4, 0.5) is 0 Å². The molecule has 6 heteroatoms. The van der Waals surface area contributed by atoms with Gasteiger partial charge < -0.3 is 14.0 Å². The predicted octanol–water partition coefficient (Wildman–Crippen LogP) is 2.49. The Labute approximate surface area is 161 Å². The second kappa shape index (κ2) is 7.60. The number of rotatable bonds is 6. The second-order valence-corrected chi connectivity index (χ2v) is 8.06. The molecule has 0 aromatic carbocycles. The van der Waals surface area contributed by atoms with Gasteiger partial charge in [0, 0.05) is 46.1 Å². The van der Waals surface area contributed by atoms with Crippen LogP contribution in [0.5, 0.6) is 0 Å².